The lowest BCUT2D eigenvalue weighted by molar-refractivity contribution is -0.141. The molecule has 0 heterocycles. The first-order valence-electron chi connectivity index (χ1n) is 11.8. The first-order valence-corrected chi connectivity index (χ1v) is 11.8. The predicted molar refractivity (Wildman–Crippen MR) is 131 cm³/mol. The number of hydrogen-bond donors (Lipinski definition) is 1. The van der Waals surface area contributed by atoms with Gasteiger partial charge in [-0.25, -0.2) is 0 Å². The van der Waals surface area contributed by atoms with E-state index in [4.69, 9.17) is 9.47 Å². The molecule has 180 valence electrons. The van der Waals surface area contributed by atoms with Gasteiger partial charge in [0.15, 0.2) is 0 Å². The lowest BCUT2D eigenvalue weighted by Gasteiger charge is -2.31. The second-order valence-corrected chi connectivity index (χ2v) is 8.38. The molecule has 0 unspecified atom stereocenters. The Bertz CT molecular complexity index is 865. The van der Waals surface area contributed by atoms with Crippen LogP contribution in [0.2, 0.25) is 0 Å². The van der Waals surface area contributed by atoms with E-state index in [1.807, 2.05) is 76.2 Å². The number of nitrogens with zero attached hydrogens (tertiary/aromatic N) is 1. The third-order valence-electron chi connectivity index (χ3n) is 5.72. The van der Waals surface area contributed by atoms with Gasteiger partial charge in [-0.05, 0) is 62.9 Å². The maximum atomic E-state index is 13.2. The van der Waals surface area contributed by atoms with Crippen molar-refractivity contribution in [2.75, 3.05) is 13.7 Å². The summed E-state index contributed by atoms with van der Waals surface area (Å²) in [4.78, 5) is 27.9. The fourth-order valence-electron chi connectivity index (χ4n) is 3.48. The molecule has 0 aliphatic rings. The van der Waals surface area contributed by atoms with Crippen LogP contribution in [-0.2, 0) is 16.1 Å². The highest BCUT2D eigenvalue weighted by molar-refractivity contribution is 5.87. The van der Waals surface area contributed by atoms with E-state index in [0.717, 1.165) is 29.0 Å². The van der Waals surface area contributed by atoms with Crippen molar-refractivity contribution in [3.8, 4) is 11.5 Å². The van der Waals surface area contributed by atoms with Crippen molar-refractivity contribution in [2.45, 2.75) is 72.0 Å². The molecule has 0 aliphatic heterocycles. The van der Waals surface area contributed by atoms with Crippen LogP contribution in [0.1, 0.15) is 57.6 Å². The minimum Gasteiger partial charge on any atom is -0.497 e. The monoisotopic (exact) mass is 454 g/mol. The number of carbonyl (C=O) groups excluding carboxylic acids is 2. The normalized spacial score (nSPS) is 12.5. The Morgan fingerprint density at radius 1 is 0.970 bits per heavy atom. The van der Waals surface area contributed by atoms with Crippen LogP contribution < -0.4 is 14.8 Å². The van der Waals surface area contributed by atoms with Crippen molar-refractivity contribution in [2.24, 2.45) is 0 Å². The number of benzene rings is 2. The zero-order valence-electron chi connectivity index (χ0n) is 20.6. The van der Waals surface area contributed by atoms with Crippen LogP contribution in [0.4, 0.5) is 0 Å². The van der Waals surface area contributed by atoms with Gasteiger partial charge in [0, 0.05) is 19.0 Å². The van der Waals surface area contributed by atoms with Crippen molar-refractivity contribution in [3.05, 3.63) is 59.7 Å². The number of methoxy groups -OCH3 is 1. The molecule has 6 nitrogen and oxygen atoms in total. The maximum Gasteiger partial charge on any atom is 0.243 e. The summed E-state index contributed by atoms with van der Waals surface area (Å²) in [5, 5.41) is 3.04. The van der Waals surface area contributed by atoms with Gasteiger partial charge in [-0.3, -0.25) is 9.59 Å². The first-order chi connectivity index (χ1) is 15.9. The number of nitrogens with one attached hydrogen (secondary N) is 1. The van der Waals surface area contributed by atoms with Crippen molar-refractivity contribution >= 4 is 11.8 Å². The van der Waals surface area contributed by atoms with E-state index in [0.29, 0.717) is 32.4 Å². The Balaban J connectivity index is 2.04. The summed E-state index contributed by atoms with van der Waals surface area (Å²) in [7, 11) is 1.62. The molecule has 2 amide bonds. The van der Waals surface area contributed by atoms with Gasteiger partial charge >= 0.3 is 0 Å². The molecule has 0 spiro atoms. The Kier molecular flexibility index (Phi) is 10.7. The van der Waals surface area contributed by atoms with Crippen molar-refractivity contribution in [1.29, 1.82) is 0 Å². The van der Waals surface area contributed by atoms with Gasteiger partial charge in [0.05, 0.1) is 13.7 Å². The maximum absolute atomic E-state index is 13.2. The van der Waals surface area contributed by atoms with E-state index in [-0.39, 0.29) is 17.9 Å². The fraction of sp³-hybridized carbons (Fsp3) is 0.481. The molecule has 0 bridgehead atoms. The zero-order valence-corrected chi connectivity index (χ0v) is 20.6. The van der Waals surface area contributed by atoms with Crippen LogP contribution in [-0.4, -0.2) is 42.5 Å². The smallest absolute Gasteiger partial charge is 0.243 e. The summed E-state index contributed by atoms with van der Waals surface area (Å²) in [6.45, 7) is 8.82. The molecule has 6 heteroatoms. The first kappa shape index (κ1) is 26.2. The molecule has 0 saturated carbocycles. The number of hydrogen-bond acceptors (Lipinski definition) is 4. The molecule has 0 saturated heterocycles. The average Bonchev–Trinajstić information content (AvgIpc) is 2.83. The zero-order chi connectivity index (χ0) is 24.2. The summed E-state index contributed by atoms with van der Waals surface area (Å²) in [5.41, 5.74) is 2.17. The van der Waals surface area contributed by atoms with Gasteiger partial charge in [-0.1, -0.05) is 43.7 Å². The molecule has 2 aromatic rings. The van der Waals surface area contributed by atoms with Crippen LogP contribution in [0.15, 0.2) is 48.5 Å². The van der Waals surface area contributed by atoms with Gasteiger partial charge in [-0.15, -0.1) is 0 Å². The molecule has 2 aromatic carbocycles. The number of rotatable bonds is 13. The van der Waals surface area contributed by atoms with E-state index in [2.05, 4.69) is 5.32 Å². The van der Waals surface area contributed by atoms with E-state index >= 15 is 0 Å². The van der Waals surface area contributed by atoms with E-state index in [9.17, 15) is 9.59 Å². The number of ether oxygens (including phenoxy) is 2. The molecular formula is C27H38N2O4. The standard InChI is InChI=1S/C27H38N2O4/c1-6-21(4)28-27(31)25(7-2)29(19-22-12-10-20(3)11-13-22)26(30)9-8-18-33-24-16-14-23(32-5)15-17-24/h10-17,21,25H,6-9,18-19H2,1-5H3,(H,28,31)/t21-,25-/m0/s1. The number of carbonyl (C=O) groups is 2. The predicted octanol–water partition coefficient (Wildman–Crippen LogP) is 4.88. The van der Waals surface area contributed by atoms with Crippen LogP contribution in [0.3, 0.4) is 0 Å². The Morgan fingerprint density at radius 2 is 1.61 bits per heavy atom. The van der Waals surface area contributed by atoms with Crippen molar-refractivity contribution < 1.29 is 19.1 Å². The molecule has 0 aliphatic carbocycles. The van der Waals surface area contributed by atoms with E-state index < -0.39 is 6.04 Å². The number of aryl methyl sites for hydroxylation is 1. The molecular weight excluding hydrogens is 416 g/mol. The third kappa shape index (κ3) is 8.44. The molecule has 0 radical (unpaired) electrons. The largest absolute Gasteiger partial charge is 0.497 e. The molecule has 1 N–H and O–H groups in total. The Labute approximate surface area is 198 Å². The van der Waals surface area contributed by atoms with Crippen LogP contribution in [0.25, 0.3) is 0 Å². The van der Waals surface area contributed by atoms with E-state index in [1.165, 1.54) is 0 Å². The highest BCUT2D eigenvalue weighted by Crippen LogP contribution is 2.18. The molecule has 0 aromatic heterocycles. The fourth-order valence-corrected chi connectivity index (χ4v) is 3.48. The Morgan fingerprint density at radius 3 is 2.18 bits per heavy atom. The summed E-state index contributed by atoms with van der Waals surface area (Å²) in [5.74, 6) is 1.37. The third-order valence-corrected chi connectivity index (χ3v) is 5.72. The molecule has 2 rings (SSSR count). The van der Waals surface area contributed by atoms with Crippen molar-refractivity contribution in [1.82, 2.24) is 10.2 Å². The topological polar surface area (TPSA) is 67.9 Å². The minimum atomic E-state index is -0.504. The van der Waals surface area contributed by atoms with Gasteiger partial charge in [0.1, 0.15) is 17.5 Å². The van der Waals surface area contributed by atoms with Crippen LogP contribution in [0, 0.1) is 6.92 Å². The SMILES string of the molecule is CC[C@H](C)NC(=O)[C@H](CC)N(Cc1ccc(C)cc1)C(=O)CCCOc1ccc(OC)cc1. The van der Waals surface area contributed by atoms with Crippen LogP contribution in [0.5, 0.6) is 11.5 Å². The lowest BCUT2D eigenvalue weighted by atomic mass is 10.1. The molecule has 2 atom stereocenters. The summed E-state index contributed by atoms with van der Waals surface area (Å²) < 4.78 is 10.9. The minimum absolute atomic E-state index is 0.0416. The van der Waals surface area contributed by atoms with Crippen LogP contribution >= 0.6 is 0 Å². The summed E-state index contributed by atoms with van der Waals surface area (Å²) in [6, 6.07) is 15.0. The van der Waals surface area contributed by atoms with Crippen molar-refractivity contribution in [3.63, 3.8) is 0 Å². The summed E-state index contributed by atoms with van der Waals surface area (Å²) in [6.07, 6.45) is 2.28. The summed E-state index contributed by atoms with van der Waals surface area (Å²) >= 11 is 0. The molecule has 0 fully saturated rings. The number of amides is 2. The van der Waals surface area contributed by atoms with E-state index in [1.54, 1.807) is 12.0 Å². The second-order valence-electron chi connectivity index (χ2n) is 8.38. The van der Waals surface area contributed by atoms with Gasteiger partial charge < -0.3 is 19.7 Å². The quantitative estimate of drug-likeness (QED) is 0.438. The lowest BCUT2D eigenvalue weighted by Crippen LogP contribution is -2.50. The second kappa shape index (κ2) is 13.5. The van der Waals surface area contributed by atoms with Gasteiger partial charge in [-0.2, -0.15) is 0 Å². The average molecular weight is 455 g/mol. The van der Waals surface area contributed by atoms with Gasteiger partial charge in [0.2, 0.25) is 11.8 Å². The molecule has 33 heavy (non-hydrogen) atoms. The van der Waals surface area contributed by atoms with Gasteiger partial charge in [0.25, 0.3) is 0 Å². The highest BCUT2D eigenvalue weighted by atomic mass is 16.5. The Hall–Kier alpha value is -3.02. The highest BCUT2D eigenvalue weighted by Gasteiger charge is 2.28.